The van der Waals surface area contributed by atoms with Gasteiger partial charge in [-0.3, -0.25) is 4.99 Å². The molecule has 6 heteroatoms. The standard InChI is InChI=1S/C22H30FN5/c1-24-22(25-15-21(27(2)3)17-8-7-9-18(23)14-17)26-19-12-13-28(16-19)20-10-5-4-6-11-20/h4-11,14,19,21H,12-13,15-16H2,1-3H3,(H2,24,25,26). The Labute approximate surface area is 167 Å². The summed E-state index contributed by atoms with van der Waals surface area (Å²) < 4.78 is 13.6. The molecule has 1 heterocycles. The van der Waals surface area contributed by atoms with Crippen LogP contribution in [0.3, 0.4) is 0 Å². The van der Waals surface area contributed by atoms with Crippen LogP contribution in [0.1, 0.15) is 18.0 Å². The monoisotopic (exact) mass is 383 g/mol. The van der Waals surface area contributed by atoms with Crippen LogP contribution in [0.5, 0.6) is 0 Å². The summed E-state index contributed by atoms with van der Waals surface area (Å²) in [5.41, 5.74) is 2.21. The van der Waals surface area contributed by atoms with Crippen molar-refractivity contribution in [3.63, 3.8) is 0 Å². The van der Waals surface area contributed by atoms with Crippen LogP contribution < -0.4 is 15.5 Å². The number of likely N-dealkylation sites (N-methyl/N-ethyl adjacent to an activating group) is 1. The number of hydrogen-bond acceptors (Lipinski definition) is 3. The first-order chi connectivity index (χ1) is 13.6. The van der Waals surface area contributed by atoms with Crippen LogP contribution in [0, 0.1) is 5.82 Å². The van der Waals surface area contributed by atoms with Gasteiger partial charge in [-0.25, -0.2) is 4.39 Å². The van der Waals surface area contributed by atoms with Gasteiger partial charge in [-0.05, 0) is 50.3 Å². The number of aliphatic imine (C=N–C) groups is 1. The minimum Gasteiger partial charge on any atom is -0.369 e. The predicted octanol–water partition coefficient (Wildman–Crippen LogP) is 2.87. The Hall–Kier alpha value is -2.60. The molecule has 2 unspecified atom stereocenters. The third-order valence-electron chi connectivity index (χ3n) is 5.19. The summed E-state index contributed by atoms with van der Waals surface area (Å²) in [6, 6.07) is 17.7. The molecule has 28 heavy (non-hydrogen) atoms. The summed E-state index contributed by atoms with van der Waals surface area (Å²) in [5.74, 6) is 0.571. The molecular formula is C22H30FN5. The van der Waals surface area contributed by atoms with Gasteiger partial charge in [0.25, 0.3) is 0 Å². The van der Waals surface area contributed by atoms with Gasteiger partial charge < -0.3 is 20.4 Å². The first-order valence-electron chi connectivity index (χ1n) is 9.76. The molecule has 150 valence electrons. The maximum absolute atomic E-state index is 13.6. The smallest absolute Gasteiger partial charge is 0.191 e. The molecule has 2 N–H and O–H groups in total. The number of guanidine groups is 1. The maximum atomic E-state index is 13.6. The van der Waals surface area contributed by atoms with E-state index >= 15 is 0 Å². The average Bonchev–Trinajstić information content (AvgIpc) is 3.16. The van der Waals surface area contributed by atoms with Gasteiger partial charge in [-0.2, -0.15) is 0 Å². The van der Waals surface area contributed by atoms with Crippen LogP contribution in [0.4, 0.5) is 10.1 Å². The summed E-state index contributed by atoms with van der Waals surface area (Å²) in [6.45, 7) is 2.62. The average molecular weight is 384 g/mol. The lowest BCUT2D eigenvalue weighted by atomic mass is 10.1. The van der Waals surface area contributed by atoms with Crippen LogP contribution in [-0.4, -0.2) is 57.7 Å². The summed E-state index contributed by atoms with van der Waals surface area (Å²) >= 11 is 0. The van der Waals surface area contributed by atoms with Crippen molar-refractivity contribution < 1.29 is 4.39 Å². The molecule has 0 bridgehead atoms. The van der Waals surface area contributed by atoms with E-state index in [9.17, 15) is 4.39 Å². The highest BCUT2D eigenvalue weighted by Crippen LogP contribution is 2.20. The number of para-hydroxylation sites is 1. The van der Waals surface area contributed by atoms with Gasteiger partial charge in [-0.1, -0.05) is 30.3 Å². The van der Waals surface area contributed by atoms with E-state index < -0.39 is 0 Å². The quantitative estimate of drug-likeness (QED) is 0.595. The molecule has 1 aliphatic rings. The second-order valence-corrected chi connectivity index (χ2v) is 7.40. The highest BCUT2D eigenvalue weighted by molar-refractivity contribution is 5.80. The Morgan fingerprint density at radius 2 is 2.00 bits per heavy atom. The number of hydrogen-bond donors (Lipinski definition) is 2. The molecule has 2 aromatic rings. The van der Waals surface area contributed by atoms with E-state index in [1.54, 1.807) is 19.2 Å². The second-order valence-electron chi connectivity index (χ2n) is 7.40. The molecule has 0 aliphatic carbocycles. The second kappa shape index (κ2) is 9.55. The molecule has 1 fully saturated rings. The van der Waals surface area contributed by atoms with Gasteiger partial charge in [0.1, 0.15) is 5.82 Å². The van der Waals surface area contributed by atoms with Crippen molar-refractivity contribution in [3.8, 4) is 0 Å². The fourth-order valence-corrected chi connectivity index (χ4v) is 3.65. The van der Waals surface area contributed by atoms with E-state index in [4.69, 9.17) is 0 Å². The van der Waals surface area contributed by atoms with E-state index in [1.165, 1.54) is 11.8 Å². The van der Waals surface area contributed by atoms with Crippen molar-refractivity contribution in [1.29, 1.82) is 0 Å². The van der Waals surface area contributed by atoms with Gasteiger partial charge in [-0.15, -0.1) is 0 Å². The molecule has 0 amide bonds. The maximum Gasteiger partial charge on any atom is 0.191 e. The van der Waals surface area contributed by atoms with Gasteiger partial charge in [0.15, 0.2) is 5.96 Å². The fourth-order valence-electron chi connectivity index (χ4n) is 3.65. The van der Waals surface area contributed by atoms with Gasteiger partial charge in [0.2, 0.25) is 0 Å². The topological polar surface area (TPSA) is 42.9 Å². The number of nitrogens with one attached hydrogen (secondary N) is 2. The fraction of sp³-hybridized carbons (Fsp3) is 0.409. The van der Waals surface area contributed by atoms with E-state index in [0.717, 1.165) is 31.0 Å². The van der Waals surface area contributed by atoms with Gasteiger partial charge in [0, 0.05) is 38.4 Å². The molecule has 0 aromatic heterocycles. The molecule has 3 rings (SSSR count). The summed E-state index contributed by atoms with van der Waals surface area (Å²) in [5, 5.41) is 6.93. The first-order valence-corrected chi connectivity index (χ1v) is 9.76. The molecule has 0 saturated carbocycles. The highest BCUT2D eigenvalue weighted by atomic mass is 19.1. The Morgan fingerprint density at radius 3 is 2.68 bits per heavy atom. The predicted molar refractivity (Wildman–Crippen MR) is 114 cm³/mol. The van der Waals surface area contributed by atoms with E-state index in [2.05, 4.69) is 49.7 Å². The SMILES string of the molecule is CN=C(NCC(c1cccc(F)c1)N(C)C)NC1CCN(c2ccccc2)C1. The van der Waals surface area contributed by atoms with Gasteiger partial charge >= 0.3 is 0 Å². The van der Waals surface area contributed by atoms with Crippen LogP contribution in [0.25, 0.3) is 0 Å². The van der Waals surface area contributed by atoms with Crippen LogP contribution in [-0.2, 0) is 0 Å². The molecular weight excluding hydrogens is 353 g/mol. The molecule has 0 spiro atoms. The molecule has 1 saturated heterocycles. The Kier molecular flexibility index (Phi) is 6.87. The van der Waals surface area contributed by atoms with Crippen molar-refractivity contribution in [1.82, 2.24) is 15.5 Å². The van der Waals surface area contributed by atoms with Crippen molar-refractivity contribution in [2.24, 2.45) is 4.99 Å². The molecule has 0 radical (unpaired) electrons. The van der Waals surface area contributed by atoms with E-state index in [0.29, 0.717) is 12.6 Å². The van der Waals surface area contributed by atoms with Crippen LogP contribution in [0.15, 0.2) is 59.6 Å². The molecule has 5 nitrogen and oxygen atoms in total. The zero-order chi connectivity index (χ0) is 19.9. The number of halogens is 1. The van der Waals surface area contributed by atoms with E-state index in [-0.39, 0.29) is 11.9 Å². The first kappa shape index (κ1) is 20.1. The molecule has 2 atom stereocenters. The van der Waals surface area contributed by atoms with Crippen molar-refractivity contribution in [2.75, 3.05) is 45.7 Å². The third kappa shape index (κ3) is 5.23. The Morgan fingerprint density at radius 1 is 1.21 bits per heavy atom. The summed E-state index contributed by atoms with van der Waals surface area (Å²) in [6.07, 6.45) is 1.07. The Balaban J connectivity index is 1.55. The highest BCUT2D eigenvalue weighted by Gasteiger charge is 2.24. The van der Waals surface area contributed by atoms with Crippen molar-refractivity contribution in [3.05, 3.63) is 66.0 Å². The van der Waals surface area contributed by atoms with Crippen LogP contribution in [0.2, 0.25) is 0 Å². The zero-order valence-electron chi connectivity index (χ0n) is 16.9. The normalized spacial score (nSPS) is 18.4. The number of rotatable bonds is 6. The van der Waals surface area contributed by atoms with Crippen molar-refractivity contribution in [2.45, 2.75) is 18.5 Å². The molecule has 1 aliphatic heterocycles. The third-order valence-corrected chi connectivity index (χ3v) is 5.19. The minimum absolute atomic E-state index is 0.0543. The lowest BCUT2D eigenvalue weighted by Gasteiger charge is -2.27. The number of anilines is 1. The molecule has 2 aromatic carbocycles. The van der Waals surface area contributed by atoms with Crippen molar-refractivity contribution >= 4 is 11.6 Å². The van der Waals surface area contributed by atoms with E-state index in [1.807, 2.05) is 26.2 Å². The Bertz CT molecular complexity index is 778. The lowest BCUT2D eigenvalue weighted by Crippen LogP contribution is -2.46. The minimum atomic E-state index is -0.209. The zero-order valence-corrected chi connectivity index (χ0v) is 16.9. The summed E-state index contributed by atoms with van der Waals surface area (Å²) in [7, 11) is 5.79. The van der Waals surface area contributed by atoms with Crippen LogP contribution >= 0.6 is 0 Å². The summed E-state index contributed by atoms with van der Waals surface area (Å²) in [4.78, 5) is 8.85. The lowest BCUT2D eigenvalue weighted by molar-refractivity contribution is 0.297. The van der Waals surface area contributed by atoms with Gasteiger partial charge in [0.05, 0.1) is 6.04 Å². The largest absolute Gasteiger partial charge is 0.369 e. The number of nitrogens with zero attached hydrogens (tertiary/aromatic N) is 3. The number of benzene rings is 2.